The minimum atomic E-state index is 0.304. The van der Waals surface area contributed by atoms with Crippen LogP contribution >= 0.6 is 0 Å². The Labute approximate surface area is 189 Å². The summed E-state index contributed by atoms with van der Waals surface area (Å²) in [5.41, 5.74) is 5.87. The standard InChI is InChI=1S/C28H28N2O2/c1-3-32-27-17-19(11-16-26(27)31-2)18-29-21-14-12-20(13-15-21)28-24-9-6-8-22(24)23-7-4-5-10-25(23)30-28/h4-8,10-18,22,24,28,30H,3,9H2,1-2H3/t22-,24-,28+/m1/s1. The number of hydrogen-bond donors (Lipinski definition) is 1. The fraction of sp³-hybridized carbons (Fsp3) is 0.250. The van der Waals surface area contributed by atoms with Gasteiger partial charge in [0.1, 0.15) is 0 Å². The second-order valence-corrected chi connectivity index (χ2v) is 8.26. The molecule has 1 heterocycles. The summed E-state index contributed by atoms with van der Waals surface area (Å²) < 4.78 is 11.0. The van der Waals surface area contributed by atoms with Crippen LogP contribution in [0, 0.1) is 5.92 Å². The number of methoxy groups -OCH3 is 1. The Hall–Kier alpha value is -3.53. The van der Waals surface area contributed by atoms with Crippen molar-refractivity contribution in [3.05, 3.63) is 95.6 Å². The molecule has 0 saturated heterocycles. The van der Waals surface area contributed by atoms with Crippen LogP contribution < -0.4 is 14.8 Å². The second-order valence-electron chi connectivity index (χ2n) is 8.26. The smallest absolute Gasteiger partial charge is 0.161 e. The summed E-state index contributed by atoms with van der Waals surface area (Å²) in [4.78, 5) is 4.67. The SMILES string of the molecule is CCOc1cc(C=Nc2ccc([C@@H]3Nc4ccccc4[C@H]4C=CC[C@H]43)cc2)ccc1OC. The molecule has 0 spiro atoms. The molecule has 3 aromatic rings. The van der Waals surface area contributed by atoms with Crippen LogP contribution in [-0.4, -0.2) is 19.9 Å². The Balaban J connectivity index is 1.34. The van der Waals surface area contributed by atoms with Gasteiger partial charge in [0.2, 0.25) is 0 Å². The van der Waals surface area contributed by atoms with E-state index in [9.17, 15) is 0 Å². The van der Waals surface area contributed by atoms with Crippen molar-refractivity contribution >= 4 is 17.6 Å². The van der Waals surface area contributed by atoms with E-state index < -0.39 is 0 Å². The zero-order valence-electron chi connectivity index (χ0n) is 18.5. The molecule has 1 N–H and O–H groups in total. The van der Waals surface area contributed by atoms with Gasteiger partial charge >= 0.3 is 0 Å². The highest BCUT2D eigenvalue weighted by Gasteiger charge is 2.37. The van der Waals surface area contributed by atoms with E-state index in [1.807, 2.05) is 31.3 Å². The van der Waals surface area contributed by atoms with E-state index in [1.54, 1.807) is 7.11 Å². The van der Waals surface area contributed by atoms with Crippen LogP contribution in [0.4, 0.5) is 11.4 Å². The summed E-state index contributed by atoms with van der Waals surface area (Å²) in [6.45, 7) is 2.56. The molecule has 32 heavy (non-hydrogen) atoms. The summed E-state index contributed by atoms with van der Waals surface area (Å²) >= 11 is 0. The van der Waals surface area contributed by atoms with Gasteiger partial charge in [-0.3, -0.25) is 4.99 Å². The van der Waals surface area contributed by atoms with Crippen molar-refractivity contribution < 1.29 is 9.47 Å². The Bertz CT molecular complexity index is 1150. The average molecular weight is 425 g/mol. The number of anilines is 1. The van der Waals surface area contributed by atoms with E-state index in [1.165, 1.54) is 16.8 Å². The van der Waals surface area contributed by atoms with Gasteiger partial charge < -0.3 is 14.8 Å². The molecule has 3 aromatic carbocycles. The van der Waals surface area contributed by atoms with Gasteiger partial charge in [-0.15, -0.1) is 0 Å². The molecule has 3 atom stereocenters. The first-order valence-corrected chi connectivity index (χ1v) is 11.2. The summed E-state index contributed by atoms with van der Waals surface area (Å²) in [7, 11) is 1.65. The Morgan fingerprint density at radius 3 is 2.69 bits per heavy atom. The lowest BCUT2D eigenvalue weighted by Crippen LogP contribution is -2.28. The molecule has 0 saturated carbocycles. The van der Waals surface area contributed by atoms with E-state index in [-0.39, 0.29) is 0 Å². The van der Waals surface area contributed by atoms with E-state index in [4.69, 9.17) is 9.47 Å². The largest absolute Gasteiger partial charge is 0.493 e. The minimum Gasteiger partial charge on any atom is -0.493 e. The maximum atomic E-state index is 5.66. The molecule has 2 aliphatic rings. The topological polar surface area (TPSA) is 42.8 Å². The van der Waals surface area contributed by atoms with Crippen molar-refractivity contribution in [1.82, 2.24) is 0 Å². The number of allylic oxidation sites excluding steroid dienone is 2. The van der Waals surface area contributed by atoms with Gasteiger partial charge in [-0.25, -0.2) is 0 Å². The van der Waals surface area contributed by atoms with Crippen LogP contribution in [0.15, 0.2) is 83.9 Å². The molecule has 4 heteroatoms. The normalized spacial score (nSPS) is 21.1. The third-order valence-corrected chi connectivity index (χ3v) is 6.37. The maximum Gasteiger partial charge on any atom is 0.161 e. The van der Waals surface area contributed by atoms with Crippen LogP contribution in [0.1, 0.15) is 42.0 Å². The zero-order chi connectivity index (χ0) is 21.9. The van der Waals surface area contributed by atoms with Gasteiger partial charge in [-0.2, -0.15) is 0 Å². The molecule has 0 bridgehead atoms. The van der Waals surface area contributed by atoms with Crippen LogP contribution in [-0.2, 0) is 0 Å². The second kappa shape index (κ2) is 8.91. The van der Waals surface area contributed by atoms with Crippen LogP contribution in [0.3, 0.4) is 0 Å². The lowest BCUT2D eigenvalue weighted by molar-refractivity contribution is 0.311. The number of fused-ring (bicyclic) bond motifs is 3. The number of rotatable bonds is 6. The minimum absolute atomic E-state index is 0.304. The van der Waals surface area contributed by atoms with Crippen molar-refractivity contribution in [3.8, 4) is 11.5 Å². The van der Waals surface area contributed by atoms with Gasteiger partial charge in [0.25, 0.3) is 0 Å². The number of hydrogen-bond acceptors (Lipinski definition) is 4. The molecule has 1 aliphatic heterocycles. The van der Waals surface area contributed by atoms with Gasteiger partial charge in [0, 0.05) is 17.8 Å². The first-order valence-electron chi connectivity index (χ1n) is 11.2. The van der Waals surface area contributed by atoms with Crippen molar-refractivity contribution in [2.45, 2.75) is 25.3 Å². The molecular weight excluding hydrogens is 396 g/mol. The highest BCUT2D eigenvalue weighted by Crippen LogP contribution is 2.49. The van der Waals surface area contributed by atoms with Crippen LogP contribution in [0.2, 0.25) is 0 Å². The zero-order valence-corrected chi connectivity index (χ0v) is 18.5. The monoisotopic (exact) mass is 424 g/mol. The van der Waals surface area contributed by atoms with Crippen molar-refractivity contribution in [2.75, 3.05) is 19.0 Å². The van der Waals surface area contributed by atoms with Crippen molar-refractivity contribution in [2.24, 2.45) is 10.9 Å². The first kappa shape index (κ1) is 20.4. The molecule has 4 nitrogen and oxygen atoms in total. The van der Waals surface area contributed by atoms with E-state index in [0.29, 0.717) is 24.5 Å². The maximum absolute atomic E-state index is 5.66. The lowest BCUT2D eigenvalue weighted by atomic mass is 9.77. The molecule has 0 amide bonds. The van der Waals surface area contributed by atoms with Gasteiger partial charge in [-0.1, -0.05) is 42.5 Å². The van der Waals surface area contributed by atoms with E-state index in [0.717, 1.165) is 29.2 Å². The fourth-order valence-electron chi connectivity index (χ4n) is 4.83. The predicted octanol–water partition coefficient (Wildman–Crippen LogP) is 6.67. The van der Waals surface area contributed by atoms with Crippen molar-refractivity contribution in [3.63, 3.8) is 0 Å². The summed E-state index contributed by atoms with van der Waals surface area (Å²) in [5, 5.41) is 3.79. The number of ether oxygens (including phenoxy) is 2. The Morgan fingerprint density at radius 2 is 1.88 bits per heavy atom. The molecule has 162 valence electrons. The first-order chi connectivity index (χ1) is 15.8. The molecule has 0 unspecified atom stereocenters. The summed E-state index contributed by atoms with van der Waals surface area (Å²) in [6, 6.07) is 23.4. The molecule has 0 fully saturated rings. The van der Waals surface area contributed by atoms with Crippen LogP contribution in [0.25, 0.3) is 0 Å². The molecule has 5 rings (SSSR count). The van der Waals surface area contributed by atoms with E-state index >= 15 is 0 Å². The number of para-hydroxylation sites is 1. The van der Waals surface area contributed by atoms with Crippen LogP contribution in [0.5, 0.6) is 11.5 Å². The Morgan fingerprint density at radius 1 is 1.03 bits per heavy atom. The highest BCUT2D eigenvalue weighted by atomic mass is 16.5. The van der Waals surface area contributed by atoms with Gasteiger partial charge in [0.05, 0.1) is 25.4 Å². The third-order valence-electron chi connectivity index (χ3n) is 6.37. The predicted molar refractivity (Wildman–Crippen MR) is 131 cm³/mol. The number of aliphatic imine (C=N–C) groups is 1. The Kier molecular flexibility index (Phi) is 5.68. The summed E-state index contributed by atoms with van der Waals surface area (Å²) in [5.74, 6) is 2.51. The fourth-order valence-corrected chi connectivity index (χ4v) is 4.83. The quantitative estimate of drug-likeness (QED) is 0.355. The number of benzene rings is 3. The lowest BCUT2D eigenvalue weighted by Gasteiger charge is -2.37. The molecular formula is C28H28N2O2. The summed E-state index contributed by atoms with van der Waals surface area (Å²) in [6.07, 6.45) is 7.68. The highest BCUT2D eigenvalue weighted by molar-refractivity contribution is 5.83. The average Bonchev–Trinajstić information content (AvgIpc) is 3.33. The van der Waals surface area contributed by atoms with E-state index in [2.05, 4.69) is 71.0 Å². The number of nitrogens with one attached hydrogen (secondary N) is 1. The van der Waals surface area contributed by atoms with Gasteiger partial charge in [0.15, 0.2) is 11.5 Å². The van der Waals surface area contributed by atoms with Gasteiger partial charge in [-0.05, 0) is 72.4 Å². The number of nitrogens with zero attached hydrogens (tertiary/aromatic N) is 1. The third kappa shape index (κ3) is 3.89. The molecule has 0 radical (unpaired) electrons. The van der Waals surface area contributed by atoms with Crippen molar-refractivity contribution in [1.29, 1.82) is 0 Å². The molecule has 0 aromatic heterocycles. The molecule has 1 aliphatic carbocycles.